The summed E-state index contributed by atoms with van der Waals surface area (Å²) in [6, 6.07) is 0. The maximum absolute atomic E-state index is 12.4. The van der Waals surface area contributed by atoms with Gasteiger partial charge in [-0.25, -0.2) is 4.57 Å². The van der Waals surface area contributed by atoms with Gasteiger partial charge in [-0.05, 0) is 70.6 Å². The van der Waals surface area contributed by atoms with Crippen LogP contribution in [0.25, 0.3) is 0 Å². The predicted octanol–water partition coefficient (Wildman–Crippen LogP) is 12.0. The van der Waals surface area contributed by atoms with E-state index in [-0.39, 0.29) is 25.6 Å². The molecular weight excluding hydrogens is 715 g/mol. The van der Waals surface area contributed by atoms with Gasteiger partial charge in [-0.1, -0.05) is 164 Å². The van der Waals surface area contributed by atoms with Crippen LogP contribution in [0.3, 0.4) is 0 Å². The Hall–Kier alpha value is -2.55. The Morgan fingerprint density at radius 3 is 1.60 bits per heavy atom. The number of esters is 2. The van der Waals surface area contributed by atoms with Gasteiger partial charge >= 0.3 is 19.8 Å². The highest BCUT2D eigenvalue weighted by molar-refractivity contribution is 7.46. The molecule has 316 valence electrons. The van der Waals surface area contributed by atoms with Gasteiger partial charge in [-0.2, -0.15) is 0 Å². The first-order valence-corrected chi connectivity index (χ1v) is 22.9. The number of allylic oxidation sites excluding steroid dienone is 11. The van der Waals surface area contributed by atoms with E-state index in [2.05, 4.69) is 47.9 Å². The molecule has 0 unspecified atom stereocenters. The summed E-state index contributed by atoms with van der Waals surface area (Å²) in [5.74, 6) is -0.978. The zero-order chi connectivity index (χ0) is 40.5. The summed E-state index contributed by atoms with van der Waals surface area (Å²) in [5.41, 5.74) is 0. The Labute approximate surface area is 334 Å². The van der Waals surface area contributed by atoms with Crippen molar-refractivity contribution in [2.75, 3.05) is 13.2 Å². The highest BCUT2D eigenvalue weighted by Crippen LogP contribution is 2.36. The number of rotatable bonds is 38. The second kappa shape index (κ2) is 39.7. The highest BCUT2D eigenvalue weighted by atomic mass is 31.2. The Morgan fingerprint density at radius 1 is 0.564 bits per heavy atom. The summed E-state index contributed by atoms with van der Waals surface area (Å²) < 4.78 is 26.3. The minimum Gasteiger partial charge on any atom is -0.462 e. The average Bonchev–Trinajstić information content (AvgIpc) is 3.16. The standard InChI is InChI=1S/C45H77O9P/c1-3-5-6-7-8-9-10-11-12-13-14-15-16-20-23-26-29-32-35-38-44(47)52-40-43(41-53-55(49,50)51)54-45(48)39-36-33-30-27-24-21-18-17-19-22-25-28-31-34-37-42(46)4-2/h11-12,18-19,21-22,27-28,30-31,34,37,42-43,46H,3-10,13-17,20,23-26,29,32-33,35-36,38-41H2,1-2H3,(H2,49,50,51)/b12-11-,21-18-,22-19-,30-27-,31-28-,37-34+/t42-,43-/m1/s1. The molecule has 0 aliphatic rings. The van der Waals surface area contributed by atoms with Crippen molar-refractivity contribution in [3.8, 4) is 0 Å². The second-order valence-electron chi connectivity index (χ2n) is 14.1. The average molecular weight is 793 g/mol. The van der Waals surface area contributed by atoms with Crippen LogP contribution in [-0.2, 0) is 28.2 Å². The first-order chi connectivity index (χ1) is 26.7. The van der Waals surface area contributed by atoms with Crippen LogP contribution in [0.15, 0.2) is 72.9 Å². The molecule has 0 aromatic heterocycles. The number of hydrogen-bond donors (Lipinski definition) is 3. The molecule has 9 nitrogen and oxygen atoms in total. The molecule has 0 saturated carbocycles. The van der Waals surface area contributed by atoms with Crippen LogP contribution in [0.4, 0.5) is 0 Å². The topological polar surface area (TPSA) is 140 Å². The summed E-state index contributed by atoms with van der Waals surface area (Å²) in [6.07, 6.45) is 48.6. The van der Waals surface area contributed by atoms with E-state index in [4.69, 9.17) is 19.3 Å². The van der Waals surface area contributed by atoms with Crippen LogP contribution in [-0.4, -0.2) is 52.3 Å². The monoisotopic (exact) mass is 793 g/mol. The van der Waals surface area contributed by atoms with Gasteiger partial charge < -0.3 is 24.4 Å². The summed E-state index contributed by atoms with van der Waals surface area (Å²) >= 11 is 0. The molecule has 3 N–H and O–H groups in total. The summed E-state index contributed by atoms with van der Waals surface area (Å²) in [6.45, 7) is 3.30. The van der Waals surface area contributed by atoms with Gasteiger partial charge in [0, 0.05) is 12.8 Å². The fraction of sp³-hybridized carbons (Fsp3) is 0.689. The quantitative estimate of drug-likeness (QED) is 0.0183. The van der Waals surface area contributed by atoms with E-state index in [1.807, 2.05) is 37.3 Å². The van der Waals surface area contributed by atoms with Gasteiger partial charge in [0.05, 0.1) is 12.7 Å². The van der Waals surface area contributed by atoms with Crippen LogP contribution in [0.2, 0.25) is 0 Å². The lowest BCUT2D eigenvalue weighted by molar-refractivity contribution is -0.161. The molecule has 0 heterocycles. The molecule has 0 aliphatic carbocycles. The molecule has 0 aromatic rings. The van der Waals surface area contributed by atoms with E-state index in [1.165, 1.54) is 83.5 Å². The Bertz CT molecular complexity index is 1140. The molecule has 0 radical (unpaired) electrons. The number of carbonyl (C=O) groups excluding carboxylic acids is 2. The molecule has 0 aliphatic heterocycles. The number of carbonyl (C=O) groups is 2. The van der Waals surface area contributed by atoms with Crippen molar-refractivity contribution < 1.29 is 43.0 Å². The minimum atomic E-state index is -4.78. The maximum atomic E-state index is 12.4. The van der Waals surface area contributed by atoms with Crippen LogP contribution in [0.5, 0.6) is 0 Å². The summed E-state index contributed by atoms with van der Waals surface area (Å²) in [4.78, 5) is 42.8. The zero-order valence-corrected chi connectivity index (χ0v) is 35.3. The van der Waals surface area contributed by atoms with E-state index in [1.54, 1.807) is 6.08 Å². The lowest BCUT2D eigenvalue weighted by Crippen LogP contribution is -2.29. The van der Waals surface area contributed by atoms with E-state index >= 15 is 0 Å². The number of aliphatic hydroxyl groups excluding tert-OH is 1. The van der Waals surface area contributed by atoms with Crippen molar-refractivity contribution in [3.63, 3.8) is 0 Å². The number of hydrogen-bond acceptors (Lipinski definition) is 7. The van der Waals surface area contributed by atoms with Crippen LogP contribution < -0.4 is 0 Å². The van der Waals surface area contributed by atoms with Gasteiger partial charge in [-0.3, -0.25) is 14.1 Å². The summed E-state index contributed by atoms with van der Waals surface area (Å²) in [5, 5.41) is 9.46. The third-order valence-corrected chi connectivity index (χ3v) is 9.35. The van der Waals surface area contributed by atoms with E-state index in [0.717, 1.165) is 38.5 Å². The van der Waals surface area contributed by atoms with E-state index in [0.29, 0.717) is 25.7 Å². The van der Waals surface area contributed by atoms with Gasteiger partial charge in [0.15, 0.2) is 6.10 Å². The molecule has 0 spiro atoms. The summed E-state index contributed by atoms with van der Waals surface area (Å²) in [7, 11) is -4.78. The zero-order valence-electron chi connectivity index (χ0n) is 34.4. The molecule has 0 aromatic carbocycles. The molecule has 2 atom stereocenters. The van der Waals surface area contributed by atoms with Gasteiger partial charge in [0.25, 0.3) is 0 Å². The lowest BCUT2D eigenvalue weighted by atomic mass is 10.1. The fourth-order valence-corrected chi connectivity index (χ4v) is 5.89. The number of ether oxygens (including phenoxy) is 2. The van der Waals surface area contributed by atoms with Crippen molar-refractivity contribution in [1.29, 1.82) is 0 Å². The third-order valence-electron chi connectivity index (χ3n) is 8.87. The Kier molecular flexibility index (Phi) is 37.8. The maximum Gasteiger partial charge on any atom is 0.469 e. The van der Waals surface area contributed by atoms with Gasteiger partial charge in [-0.15, -0.1) is 0 Å². The Balaban J connectivity index is 4.02. The number of phosphoric ester groups is 1. The first-order valence-electron chi connectivity index (χ1n) is 21.3. The van der Waals surface area contributed by atoms with Crippen molar-refractivity contribution >= 4 is 19.8 Å². The number of unbranched alkanes of at least 4 members (excludes halogenated alkanes) is 16. The molecular formula is C45H77O9P. The van der Waals surface area contributed by atoms with Crippen molar-refractivity contribution in [3.05, 3.63) is 72.9 Å². The molecule has 55 heavy (non-hydrogen) atoms. The van der Waals surface area contributed by atoms with Crippen LogP contribution in [0.1, 0.15) is 174 Å². The molecule has 0 bridgehead atoms. The van der Waals surface area contributed by atoms with Crippen LogP contribution in [0, 0.1) is 0 Å². The molecule has 10 heteroatoms. The van der Waals surface area contributed by atoms with Gasteiger partial charge in [0.1, 0.15) is 6.61 Å². The second-order valence-corrected chi connectivity index (χ2v) is 15.4. The number of phosphoric acid groups is 1. The van der Waals surface area contributed by atoms with Gasteiger partial charge in [0.2, 0.25) is 0 Å². The van der Waals surface area contributed by atoms with Crippen LogP contribution >= 0.6 is 7.82 Å². The third kappa shape index (κ3) is 42.4. The first kappa shape index (κ1) is 52.5. The highest BCUT2D eigenvalue weighted by Gasteiger charge is 2.22. The smallest absolute Gasteiger partial charge is 0.462 e. The fourth-order valence-electron chi connectivity index (χ4n) is 5.53. The normalized spacial score (nSPS) is 13.8. The molecule has 0 amide bonds. The number of aliphatic hydroxyl groups is 1. The molecule has 0 saturated heterocycles. The Morgan fingerprint density at radius 2 is 1.04 bits per heavy atom. The minimum absolute atomic E-state index is 0.117. The van der Waals surface area contributed by atoms with Crippen molar-refractivity contribution in [2.45, 2.75) is 187 Å². The van der Waals surface area contributed by atoms with E-state index in [9.17, 15) is 19.3 Å². The molecule has 0 rings (SSSR count). The SMILES string of the molecule is CCCCCCCC/C=C\CCCCCCCCCCCC(=O)OC[C@H](COP(=O)(O)O)OC(=O)CCC/C=C\C/C=C\C/C=C\C/C=C\C=C\[C@H](O)CC. The lowest BCUT2D eigenvalue weighted by Gasteiger charge is -2.18. The predicted molar refractivity (Wildman–Crippen MR) is 226 cm³/mol. The largest absolute Gasteiger partial charge is 0.469 e. The van der Waals surface area contributed by atoms with Crippen molar-refractivity contribution in [2.24, 2.45) is 0 Å². The van der Waals surface area contributed by atoms with E-state index < -0.39 is 32.5 Å². The molecule has 0 fully saturated rings. The van der Waals surface area contributed by atoms with Crippen molar-refractivity contribution in [1.82, 2.24) is 0 Å².